The van der Waals surface area contributed by atoms with Crippen molar-refractivity contribution in [3.05, 3.63) is 23.3 Å². The predicted molar refractivity (Wildman–Crippen MR) is 59.7 cm³/mol. The van der Waals surface area contributed by atoms with Crippen molar-refractivity contribution >= 4 is 23.1 Å². The summed E-state index contributed by atoms with van der Waals surface area (Å²) in [5.74, 6) is 0. The number of aromatic nitrogens is 3. The highest BCUT2D eigenvalue weighted by Crippen LogP contribution is 2.23. The molecule has 0 aliphatic carbocycles. The molecule has 0 spiro atoms. The summed E-state index contributed by atoms with van der Waals surface area (Å²) in [4.78, 5) is 4.28. The fourth-order valence-electron chi connectivity index (χ4n) is 1.04. The third kappa shape index (κ3) is 1.93. The molecule has 2 rings (SSSR count). The van der Waals surface area contributed by atoms with Gasteiger partial charge in [0, 0.05) is 11.8 Å². The Bertz CT molecular complexity index is 422. The largest absolute Gasteiger partial charge is 0.249 e. The quantitative estimate of drug-likeness (QED) is 0.734. The molecular weight excluding hydrogens is 214 g/mol. The van der Waals surface area contributed by atoms with Gasteiger partial charge in [-0.25, -0.2) is 4.98 Å². The van der Waals surface area contributed by atoms with E-state index in [9.17, 15) is 0 Å². The first-order valence-electron chi connectivity index (χ1n) is 4.10. The third-order valence-corrected chi connectivity index (χ3v) is 3.27. The molecule has 2 aromatic rings. The van der Waals surface area contributed by atoms with Crippen LogP contribution in [0.15, 0.2) is 23.4 Å². The van der Waals surface area contributed by atoms with Crippen LogP contribution in [0.3, 0.4) is 0 Å². The van der Waals surface area contributed by atoms with Crippen molar-refractivity contribution in [2.24, 2.45) is 0 Å². The minimum absolute atomic E-state index is 0.933. The second-order valence-corrected chi connectivity index (χ2v) is 4.72. The molecule has 2 heterocycles. The van der Waals surface area contributed by atoms with Crippen LogP contribution in [0.1, 0.15) is 5.01 Å². The van der Waals surface area contributed by atoms with Crippen molar-refractivity contribution in [2.75, 3.05) is 6.26 Å². The zero-order chi connectivity index (χ0) is 9.97. The first-order chi connectivity index (χ1) is 6.79. The van der Waals surface area contributed by atoms with Gasteiger partial charge in [-0.2, -0.15) is 0 Å². The number of nitrogens with zero attached hydrogens (tertiary/aromatic N) is 3. The molecule has 0 amide bonds. The molecule has 0 fully saturated rings. The van der Waals surface area contributed by atoms with Gasteiger partial charge in [-0.15, -0.1) is 22.0 Å². The Morgan fingerprint density at radius 2 is 2.14 bits per heavy atom. The van der Waals surface area contributed by atoms with Gasteiger partial charge >= 0.3 is 0 Å². The van der Waals surface area contributed by atoms with Gasteiger partial charge in [0.25, 0.3) is 0 Å². The summed E-state index contributed by atoms with van der Waals surface area (Å²) in [7, 11) is 0. The van der Waals surface area contributed by atoms with Gasteiger partial charge in [0.15, 0.2) is 0 Å². The topological polar surface area (TPSA) is 38.7 Å². The van der Waals surface area contributed by atoms with Gasteiger partial charge in [-0.05, 0) is 25.3 Å². The van der Waals surface area contributed by atoms with Crippen LogP contribution in [0.4, 0.5) is 0 Å². The molecule has 5 heteroatoms. The Morgan fingerprint density at radius 3 is 2.64 bits per heavy atom. The molecule has 0 aliphatic rings. The van der Waals surface area contributed by atoms with Crippen molar-refractivity contribution in [3.63, 3.8) is 0 Å². The standard InChI is InChI=1S/C9H9N3S2/c1-6-11-12-9(14-6)7-3-4-8(13-2)10-5-7/h3-5H,1-2H3. The highest BCUT2D eigenvalue weighted by molar-refractivity contribution is 7.98. The fourth-order valence-corrected chi connectivity index (χ4v) is 2.08. The van der Waals surface area contributed by atoms with E-state index in [-0.39, 0.29) is 0 Å². The molecule has 72 valence electrons. The molecule has 0 radical (unpaired) electrons. The number of rotatable bonds is 2. The van der Waals surface area contributed by atoms with Crippen molar-refractivity contribution in [1.82, 2.24) is 15.2 Å². The molecule has 0 atom stereocenters. The third-order valence-electron chi connectivity index (χ3n) is 1.72. The fraction of sp³-hybridized carbons (Fsp3) is 0.222. The lowest BCUT2D eigenvalue weighted by Gasteiger charge is -1.96. The summed E-state index contributed by atoms with van der Waals surface area (Å²) in [5, 5.41) is 11.0. The average Bonchev–Trinajstić information content (AvgIpc) is 2.65. The Hall–Kier alpha value is -0.940. The number of hydrogen-bond acceptors (Lipinski definition) is 5. The van der Waals surface area contributed by atoms with Crippen LogP contribution in [0, 0.1) is 6.92 Å². The molecule has 0 unspecified atom stereocenters. The van der Waals surface area contributed by atoms with E-state index in [1.807, 2.05) is 31.5 Å². The van der Waals surface area contributed by atoms with Gasteiger partial charge in [0.05, 0.1) is 5.03 Å². The summed E-state index contributed by atoms with van der Waals surface area (Å²) in [6.07, 6.45) is 3.85. The van der Waals surface area contributed by atoms with Gasteiger partial charge < -0.3 is 0 Å². The molecule has 0 bridgehead atoms. The minimum Gasteiger partial charge on any atom is -0.249 e. The number of pyridine rings is 1. The first kappa shape index (κ1) is 9.61. The second kappa shape index (κ2) is 4.06. The molecule has 0 saturated carbocycles. The zero-order valence-corrected chi connectivity index (χ0v) is 9.52. The van der Waals surface area contributed by atoms with Gasteiger partial charge in [-0.3, -0.25) is 0 Å². The average molecular weight is 223 g/mol. The van der Waals surface area contributed by atoms with Crippen LogP contribution >= 0.6 is 23.1 Å². The van der Waals surface area contributed by atoms with Crippen molar-refractivity contribution in [1.29, 1.82) is 0 Å². The molecule has 0 aromatic carbocycles. The van der Waals surface area contributed by atoms with Gasteiger partial charge in [0.2, 0.25) is 0 Å². The monoisotopic (exact) mass is 223 g/mol. The molecule has 0 N–H and O–H groups in total. The maximum atomic E-state index is 4.28. The predicted octanol–water partition coefficient (Wildman–Crippen LogP) is 2.63. The van der Waals surface area contributed by atoms with Crippen molar-refractivity contribution in [2.45, 2.75) is 11.9 Å². The van der Waals surface area contributed by atoms with Crippen LogP contribution in [0.2, 0.25) is 0 Å². The molecule has 0 saturated heterocycles. The Kier molecular flexibility index (Phi) is 2.79. The van der Waals surface area contributed by atoms with E-state index >= 15 is 0 Å². The highest BCUT2D eigenvalue weighted by Gasteiger charge is 2.03. The van der Waals surface area contributed by atoms with Crippen molar-refractivity contribution in [3.8, 4) is 10.6 Å². The van der Waals surface area contributed by atoms with E-state index < -0.39 is 0 Å². The van der Waals surface area contributed by atoms with E-state index in [1.165, 1.54) is 0 Å². The maximum Gasteiger partial charge on any atom is 0.149 e. The molecule has 14 heavy (non-hydrogen) atoms. The van der Waals surface area contributed by atoms with Gasteiger partial charge in [0.1, 0.15) is 10.0 Å². The lowest BCUT2D eigenvalue weighted by atomic mass is 10.3. The maximum absolute atomic E-state index is 4.28. The summed E-state index contributed by atoms with van der Waals surface area (Å²) in [6, 6.07) is 4.02. The van der Waals surface area contributed by atoms with Crippen LogP contribution in [-0.4, -0.2) is 21.4 Å². The van der Waals surface area contributed by atoms with Crippen LogP contribution < -0.4 is 0 Å². The summed E-state index contributed by atoms with van der Waals surface area (Å²) >= 11 is 3.22. The number of aryl methyl sites for hydroxylation is 1. The Labute approximate surface area is 90.6 Å². The normalized spacial score (nSPS) is 10.4. The van der Waals surface area contributed by atoms with Crippen LogP contribution in [-0.2, 0) is 0 Å². The van der Waals surface area contributed by atoms with Crippen LogP contribution in [0.5, 0.6) is 0 Å². The Balaban J connectivity index is 2.33. The van der Waals surface area contributed by atoms with Crippen molar-refractivity contribution < 1.29 is 0 Å². The highest BCUT2D eigenvalue weighted by atomic mass is 32.2. The zero-order valence-electron chi connectivity index (χ0n) is 7.89. The SMILES string of the molecule is CSc1ccc(-c2nnc(C)s2)cn1. The Morgan fingerprint density at radius 1 is 1.29 bits per heavy atom. The molecule has 0 aliphatic heterocycles. The number of thioether (sulfide) groups is 1. The lowest BCUT2D eigenvalue weighted by Crippen LogP contribution is -1.81. The van der Waals surface area contributed by atoms with Crippen LogP contribution in [0.25, 0.3) is 10.6 Å². The van der Waals surface area contributed by atoms with Gasteiger partial charge in [-0.1, -0.05) is 11.3 Å². The number of hydrogen-bond donors (Lipinski definition) is 0. The lowest BCUT2D eigenvalue weighted by molar-refractivity contribution is 1.05. The van der Waals surface area contributed by atoms with E-state index in [0.29, 0.717) is 0 Å². The van der Waals surface area contributed by atoms with E-state index in [0.717, 1.165) is 20.6 Å². The minimum atomic E-state index is 0.933. The van der Waals surface area contributed by atoms with E-state index in [4.69, 9.17) is 0 Å². The molecule has 2 aromatic heterocycles. The summed E-state index contributed by atoms with van der Waals surface area (Å²) < 4.78 is 0. The molecular formula is C9H9N3S2. The summed E-state index contributed by atoms with van der Waals surface area (Å²) in [6.45, 7) is 1.95. The first-order valence-corrected chi connectivity index (χ1v) is 6.14. The van der Waals surface area contributed by atoms with E-state index in [1.54, 1.807) is 23.1 Å². The smallest absolute Gasteiger partial charge is 0.149 e. The second-order valence-electron chi connectivity index (χ2n) is 2.72. The van der Waals surface area contributed by atoms with E-state index in [2.05, 4.69) is 15.2 Å². The summed E-state index contributed by atoms with van der Waals surface area (Å²) in [5.41, 5.74) is 1.04. The molecule has 3 nitrogen and oxygen atoms in total.